The number of aromatic hydroxyl groups is 1. The average Bonchev–Trinajstić information content (AvgIpc) is 2.74. The zero-order valence-electron chi connectivity index (χ0n) is 13.3. The molecule has 0 fully saturated rings. The van der Waals surface area contributed by atoms with Gasteiger partial charge in [-0.3, -0.25) is 19.6 Å². The summed E-state index contributed by atoms with van der Waals surface area (Å²) in [4.78, 5) is 22.3. The molecule has 1 amide bonds. The highest BCUT2D eigenvalue weighted by Crippen LogP contribution is 2.27. The second-order valence-electron chi connectivity index (χ2n) is 5.50. The van der Waals surface area contributed by atoms with E-state index in [0.717, 1.165) is 17.8 Å². The molecular weight excluding hydrogens is 300 g/mol. The normalized spacial score (nSPS) is 10.8. The molecule has 8 heteroatoms. The number of phenolic OH excluding ortho intramolecular Hbond substituents is 1. The number of nitrogens with zero attached hydrogens (tertiary/aromatic N) is 3. The number of rotatable bonds is 4. The Morgan fingerprint density at radius 2 is 2.04 bits per heavy atom. The van der Waals surface area contributed by atoms with Gasteiger partial charge < -0.3 is 10.4 Å². The van der Waals surface area contributed by atoms with Crippen LogP contribution >= 0.6 is 0 Å². The van der Waals surface area contributed by atoms with Crippen LogP contribution in [0.15, 0.2) is 18.2 Å². The predicted molar refractivity (Wildman–Crippen MR) is 84.8 cm³/mol. The van der Waals surface area contributed by atoms with Crippen molar-refractivity contribution in [1.29, 1.82) is 0 Å². The van der Waals surface area contributed by atoms with Crippen LogP contribution in [-0.2, 0) is 0 Å². The number of nitrogens with one attached hydrogen (secondary N) is 1. The van der Waals surface area contributed by atoms with E-state index in [2.05, 4.69) is 10.4 Å². The second-order valence-corrected chi connectivity index (χ2v) is 5.50. The minimum atomic E-state index is -0.710. The van der Waals surface area contributed by atoms with Crippen LogP contribution in [0.1, 0.15) is 41.6 Å². The van der Waals surface area contributed by atoms with Gasteiger partial charge in [0.2, 0.25) is 0 Å². The third kappa shape index (κ3) is 3.15. The van der Waals surface area contributed by atoms with Gasteiger partial charge in [-0.05, 0) is 39.8 Å². The van der Waals surface area contributed by atoms with Gasteiger partial charge in [0.1, 0.15) is 0 Å². The molecule has 0 aliphatic rings. The smallest absolute Gasteiger partial charge is 0.310 e. The third-order valence-electron chi connectivity index (χ3n) is 3.49. The molecule has 1 aromatic carbocycles. The van der Waals surface area contributed by atoms with Gasteiger partial charge in [0.15, 0.2) is 5.75 Å². The molecule has 1 aromatic heterocycles. The number of anilines is 1. The molecule has 2 aromatic rings. The van der Waals surface area contributed by atoms with E-state index < -0.39 is 22.3 Å². The number of amides is 1. The molecule has 0 aliphatic carbocycles. The summed E-state index contributed by atoms with van der Waals surface area (Å²) in [6.07, 6.45) is 0. The van der Waals surface area contributed by atoms with Crippen molar-refractivity contribution in [3.8, 4) is 5.75 Å². The fraction of sp³-hybridized carbons (Fsp3) is 0.333. The molecular formula is C15H18N4O4. The molecule has 23 heavy (non-hydrogen) atoms. The molecule has 2 rings (SSSR count). The third-order valence-corrected chi connectivity index (χ3v) is 3.49. The van der Waals surface area contributed by atoms with Crippen molar-refractivity contribution in [2.45, 2.75) is 33.7 Å². The first-order chi connectivity index (χ1) is 10.7. The maximum atomic E-state index is 12.3. The number of carbonyl (C=O) groups is 1. The first-order valence-corrected chi connectivity index (χ1v) is 7.06. The lowest BCUT2D eigenvalue weighted by atomic mass is 10.1. The number of nitro groups is 1. The van der Waals surface area contributed by atoms with E-state index in [1.54, 1.807) is 11.6 Å². The van der Waals surface area contributed by atoms with Crippen LogP contribution < -0.4 is 5.32 Å². The van der Waals surface area contributed by atoms with Gasteiger partial charge in [-0.2, -0.15) is 5.10 Å². The molecule has 8 nitrogen and oxygen atoms in total. The van der Waals surface area contributed by atoms with E-state index in [1.165, 1.54) is 6.07 Å². The second kappa shape index (κ2) is 6.07. The highest BCUT2D eigenvalue weighted by atomic mass is 16.6. The van der Waals surface area contributed by atoms with E-state index in [0.29, 0.717) is 11.4 Å². The summed E-state index contributed by atoms with van der Waals surface area (Å²) in [7, 11) is 0. The number of carbonyl (C=O) groups excluding carboxylic acids is 1. The SMILES string of the molecule is Cc1nn(C(C)C)c(C)c1NC(=O)c1ccc([N+](=O)[O-])c(O)c1. The summed E-state index contributed by atoms with van der Waals surface area (Å²) >= 11 is 0. The van der Waals surface area contributed by atoms with Gasteiger partial charge in [-0.25, -0.2) is 0 Å². The number of phenols is 1. The van der Waals surface area contributed by atoms with E-state index in [9.17, 15) is 20.0 Å². The predicted octanol–water partition coefficient (Wildman–Crippen LogP) is 2.95. The number of hydrogen-bond donors (Lipinski definition) is 2. The molecule has 0 unspecified atom stereocenters. The Kier molecular flexibility index (Phi) is 4.35. The zero-order chi connectivity index (χ0) is 17.3. The summed E-state index contributed by atoms with van der Waals surface area (Å²) in [6, 6.07) is 3.62. The maximum absolute atomic E-state index is 12.3. The molecule has 0 radical (unpaired) electrons. The number of nitro benzene ring substituents is 1. The van der Waals surface area contributed by atoms with Crippen molar-refractivity contribution in [1.82, 2.24) is 9.78 Å². The first-order valence-electron chi connectivity index (χ1n) is 7.06. The van der Waals surface area contributed by atoms with E-state index in [-0.39, 0.29) is 11.6 Å². The molecule has 0 saturated heterocycles. The molecule has 0 atom stereocenters. The van der Waals surface area contributed by atoms with Crippen molar-refractivity contribution in [2.75, 3.05) is 5.32 Å². The average molecular weight is 318 g/mol. The molecule has 122 valence electrons. The van der Waals surface area contributed by atoms with Crippen LogP contribution in [0.2, 0.25) is 0 Å². The number of hydrogen-bond acceptors (Lipinski definition) is 5. The van der Waals surface area contributed by atoms with Gasteiger partial charge in [-0.15, -0.1) is 0 Å². The minimum Gasteiger partial charge on any atom is -0.502 e. The summed E-state index contributed by atoms with van der Waals surface area (Å²) < 4.78 is 1.80. The lowest BCUT2D eigenvalue weighted by Gasteiger charge is -2.09. The van der Waals surface area contributed by atoms with Gasteiger partial charge in [0.25, 0.3) is 5.91 Å². The molecule has 1 heterocycles. The Morgan fingerprint density at radius 1 is 1.39 bits per heavy atom. The monoisotopic (exact) mass is 318 g/mol. The van der Waals surface area contributed by atoms with Crippen LogP contribution in [-0.4, -0.2) is 25.7 Å². The van der Waals surface area contributed by atoms with E-state index >= 15 is 0 Å². The maximum Gasteiger partial charge on any atom is 0.310 e. The minimum absolute atomic E-state index is 0.129. The summed E-state index contributed by atoms with van der Waals surface area (Å²) in [6.45, 7) is 7.61. The Hall–Kier alpha value is -2.90. The Bertz CT molecular complexity index is 780. The Balaban J connectivity index is 2.30. The van der Waals surface area contributed by atoms with Gasteiger partial charge in [0, 0.05) is 17.7 Å². The first kappa shape index (κ1) is 16.5. The van der Waals surface area contributed by atoms with Crippen LogP contribution in [0.4, 0.5) is 11.4 Å². The van der Waals surface area contributed by atoms with Crippen molar-refractivity contribution < 1.29 is 14.8 Å². The highest BCUT2D eigenvalue weighted by molar-refractivity contribution is 6.05. The molecule has 0 bridgehead atoms. The van der Waals surface area contributed by atoms with Crippen molar-refractivity contribution >= 4 is 17.3 Å². The van der Waals surface area contributed by atoms with Crippen molar-refractivity contribution in [3.05, 3.63) is 45.3 Å². The fourth-order valence-electron chi connectivity index (χ4n) is 2.35. The lowest BCUT2D eigenvalue weighted by molar-refractivity contribution is -0.385. The molecule has 0 aliphatic heterocycles. The quantitative estimate of drug-likeness (QED) is 0.665. The lowest BCUT2D eigenvalue weighted by Crippen LogP contribution is -2.13. The standard InChI is InChI=1S/C15H18N4O4/c1-8(2)18-10(4)14(9(3)17-18)16-15(21)11-5-6-12(19(22)23)13(20)7-11/h5-8,20H,1-4H3,(H,16,21). The number of benzene rings is 1. The molecule has 2 N–H and O–H groups in total. The van der Waals surface area contributed by atoms with Gasteiger partial charge in [-0.1, -0.05) is 0 Å². The number of aromatic nitrogens is 2. The van der Waals surface area contributed by atoms with Crippen LogP contribution in [0.5, 0.6) is 5.75 Å². The van der Waals surface area contributed by atoms with Crippen LogP contribution in [0.3, 0.4) is 0 Å². The summed E-state index contributed by atoms with van der Waals surface area (Å²) in [5.74, 6) is -1.02. The highest BCUT2D eigenvalue weighted by Gasteiger charge is 2.19. The largest absolute Gasteiger partial charge is 0.502 e. The molecule has 0 saturated carbocycles. The van der Waals surface area contributed by atoms with Crippen LogP contribution in [0, 0.1) is 24.0 Å². The topological polar surface area (TPSA) is 110 Å². The van der Waals surface area contributed by atoms with Gasteiger partial charge >= 0.3 is 5.69 Å². The summed E-state index contributed by atoms with van der Waals surface area (Å²) in [5, 5.41) is 27.4. The zero-order valence-corrected chi connectivity index (χ0v) is 13.3. The fourth-order valence-corrected chi connectivity index (χ4v) is 2.35. The Labute approximate surface area is 132 Å². The van der Waals surface area contributed by atoms with E-state index in [4.69, 9.17) is 0 Å². The Morgan fingerprint density at radius 3 is 2.52 bits per heavy atom. The van der Waals surface area contributed by atoms with Gasteiger partial charge in [0.05, 0.1) is 22.0 Å². The number of aryl methyl sites for hydroxylation is 1. The summed E-state index contributed by atoms with van der Waals surface area (Å²) in [5.41, 5.74) is 1.78. The van der Waals surface area contributed by atoms with E-state index in [1.807, 2.05) is 20.8 Å². The molecule has 0 spiro atoms. The van der Waals surface area contributed by atoms with Crippen molar-refractivity contribution in [2.24, 2.45) is 0 Å². The van der Waals surface area contributed by atoms with Crippen LogP contribution in [0.25, 0.3) is 0 Å². The van der Waals surface area contributed by atoms with Crippen molar-refractivity contribution in [3.63, 3.8) is 0 Å².